The van der Waals surface area contributed by atoms with Crippen molar-refractivity contribution in [2.45, 2.75) is 0 Å². The molecular weight excluding hydrogens is 385 g/mol. The summed E-state index contributed by atoms with van der Waals surface area (Å²) in [5.74, 6) is 0.372. The first kappa shape index (κ1) is 17.6. The zero-order valence-corrected chi connectivity index (χ0v) is 14.3. The van der Waals surface area contributed by atoms with E-state index in [0.29, 0.717) is 5.02 Å². The number of nitro benzene ring substituents is 1. The normalized spacial score (nSPS) is 10.2. The molecule has 0 aliphatic carbocycles. The molecule has 0 atom stereocenters. The van der Waals surface area contributed by atoms with Gasteiger partial charge in [-0.15, -0.1) is 0 Å². The van der Waals surface area contributed by atoms with Gasteiger partial charge in [-0.25, -0.2) is 0 Å². The third kappa shape index (κ3) is 4.14. The van der Waals surface area contributed by atoms with E-state index in [2.05, 4.69) is 5.32 Å². The Morgan fingerprint density at radius 1 is 1.22 bits per heavy atom. The molecule has 0 amide bonds. The van der Waals surface area contributed by atoms with Crippen LogP contribution in [0.1, 0.15) is 0 Å². The van der Waals surface area contributed by atoms with E-state index in [9.17, 15) is 10.1 Å². The minimum Gasteiger partial charge on any atom is -0.454 e. The molecule has 0 unspecified atom stereocenters. The topological polar surface area (TPSA) is 90.4 Å². The Labute approximate surface area is 151 Å². The number of hydrogen-bond acceptors (Lipinski definition) is 4. The minimum absolute atomic E-state index is 0.0150. The zero-order chi connectivity index (χ0) is 17.1. The van der Waals surface area contributed by atoms with Crippen LogP contribution in [0.25, 0.3) is 0 Å². The first-order valence-electron chi connectivity index (χ1n) is 5.96. The lowest BCUT2D eigenvalue weighted by Crippen LogP contribution is -2.19. The van der Waals surface area contributed by atoms with Gasteiger partial charge in [0.15, 0.2) is 5.11 Å². The van der Waals surface area contributed by atoms with Gasteiger partial charge in [-0.05, 0) is 24.4 Å². The molecule has 0 saturated carbocycles. The summed E-state index contributed by atoms with van der Waals surface area (Å²) in [6, 6.07) is 7.23. The van der Waals surface area contributed by atoms with Crippen LogP contribution in [0.2, 0.25) is 15.1 Å². The van der Waals surface area contributed by atoms with Crippen molar-refractivity contribution in [2.24, 2.45) is 5.73 Å². The van der Waals surface area contributed by atoms with E-state index in [1.54, 1.807) is 18.2 Å². The molecule has 0 fully saturated rings. The Morgan fingerprint density at radius 2 is 1.91 bits per heavy atom. The van der Waals surface area contributed by atoms with Crippen LogP contribution in [-0.2, 0) is 0 Å². The largest absolute Gasteiger partial charge is 0.454 e. The van der Waals surface area contributed by atoms with Crippen LogP contribution in [0.5, 0.6) is 11.5 Å². The highest BCUT2D eigenvalue weighted by molar-refractivity contribution is 7.80. The van der Waals surface area contributed by atoms with Crippen LogP contribution in [0.15, 0.2) is 30.3 Å². The first-order chi connectivity index (χ1) is 10.8. The van der Waals surface area contributed by atoms with E-state index < -0.39 is 4.92 Å². The fourth-order valence-corrected chi connectivity index (χ4v) is 2.32. The van der Waals surface area contributed by atoms with Crippen molar-refractivity contribution in [3.05, 3.63) is 55.5 Å². The Bertz CT molecular complexity index is 802. The quantitative estimate of drug-likeness (QED) is 0.432. The highest BCUT2D eigenvalue weighted by Crippen LogP contribution is 2.41. The van der Waals surface area contributed by atoms with E-state index in [1.165, 1.54) is 6.07 Å². The second-order valence-electron chi connectivity index (χ2n) is 4.20. The van der Waals surface area contributed by atoms with Crippen molar-refractivity contribution in [1.82, 2.24) is 0 Å². The van der Waals surface area contributed by atoms with Crippen molar-refractivity contribution in [1.29, 1.82) is 0 Å². The maximum atomic E-state index is 11.1. The van der Waals surface area contributed by atoms with E-state index in [4.69, 9.17) is 57.5 Å². The van der Waals surface area contributed by atoms with Gasteiger partial charge in [-0.2, -0.15) is 0 Å². The van der Waals surface area contributed by atoms with Gasteiger partial charge >= 0.3 is 0 Å². The summed E-state index contributed by atoms with van der Waals surface area (Å²) in [7, 11) is 0. The molecular formula is C13H8Cl3N3O3S. The predicted molar refractivity (Wildman–Crippen MR) is 95.1 cm³/mol. The lowest BCUT2D eigenvalue weighted by Gasteiger charge is -2.12. The van der Waals surface area contributed by atoms with Crippen LogP contribution in [-0.4, -0.2) is 10.0 Å². The van der Waals surface area contributed by atoms with Gasteiger partial charge in [-0.3, -0.25) is 10.1 Å². The number of nitrogens with one attached hydrogen (secondary N) is 1. The van der Waals surface area contributed by atoms with Crippen molar-refractivity contribution >= 4 is 63.5 Å². The number of thiocarbonyl (C=S) groups is 1. The number of nitrogens with zero attached hydrogens (tertiary/aromatic N) is 1. The lowest BCUT2D eigenvalue weighted by molar-refractivity contribution is -0.383. The summed E-state index contributed by atoms with van der Waals surface area (Å²) < 4.78 is 5.58. The fraction of sp³-hybridized carbons (Fsp3) is 0. The molecule has 0 aromatic heterocycles. The second-order valence-corrected chi connectivity index (χ2v) is 5.83. The zero-order valence-electron chi connectivity index (χ0n) is 11.2. The average Bonchev–Trinajstić information content (AvgIpc) is 2.46. The molecule has 0 spiro atoms. The monoisotopic (exact) mass is 391 g/mol. The molecule has 0 bridgehead atoms. The van der Waals surface area contributed by atoms with Gasteiger partial charge in [0.25, 0.3) is 5.69 Å². The molecule has 0 heterocycles. The second kappa shape index (κ2) is 7.18. The predicted octanol–water partition coefficient (Wildman–Crippen LogP) is 5.00. The van der Waals surface area contributed by atoms with E-state index >= 15 is 0 Å². The molecule has 23 heavy (non-hydrogen) atoms. The van der Waals surface area contributed by atoms with Crippen LogP contribution < -0.4 is 15.8 Å². The summed E-state index contributed by atoms with van der Waals surface area (Å²) in [4.78, 5) is 10.4. The fourth-order valence-electron chi connectivity index (χ4n) is 1.69. The van der Waals surface area contributed by atoms with E-state index in [0.717, 1.165) is 6.07 Å². The molecule has 0 aliphatic rings. The molecule has 0 radical (unpaired) electrons. The lowest BCUT2D eigenvalue weighted by atomic mass is 10.2. The Balaban J connectivity index is 2.48. The van der Waals surface area contributed by atoms with Gasteiger partial charge in [0.05, 0.1) is 15.0 Å². The maximum Gasteiger partial charge on any atom is 0.294 e. The minimum atomic E-state index is -0.622. The Hall–Kier alpha value is -1.80. The number of nitrogens with two attached hydrogens (primary N) is 1. The molecule has 0 aliphatic heterocycles. The van der Waals surface area contributed by atoms with Crippen LogP contribution in [0, 0.1) is 10.1 Å². The third-order valence-corrected chi connectivity index (χ3v) is 3.84. The van der Waals surface area contributed by atoms with Crippen LogP contribution in [0.3, 0.4) is 0 Å². The van der Waals surface area contributed by atoms with Crippen LogP contribution >= 0.6 is 47.0 Å². The molecule has 0 saturated heterocycles. The number of hydrogen-bond donors (Lipinski definition) is 2. The Morgan fingerprint density at radius 3 is 2.52 bits per heavy atom. The molecule has 6 nitrogen and oxygen atoms in total. The molecule has 3 N–H and O–H groups in total. The number of rotatable bonds is 4. The number of nitro groups is 1. The summed E-state index contributed by atoms with van der Waals surface area (Å²) in [6.45, 7) is 0. The van der Waals surface area contributed by atoms with Gasteiger partial charge in [0.1, 0.15) is 22.2 Å². The Kier molecular flexibility index (Phi) is 5.48. The van der Waals surface area contributed by atoms with Gasteiger partial charge in [0.2, 0.25) is 0 Å². The van der Waals surface area contributed by atoms with Crippen molar-refractivity contribution in [3.63, 3.8) is 0 Å². The van der Waals surface area contributed by atoms with Crippen molar-refractivity contribution < 1.29 is 9.66 Å². The standard InChI is InChI=1S/C13H8Cl3N3O3S/c14-6-2-1-3-10(12(6)16)22-11-5-8(18-13(17)23)9(19(20)21)4-7(11)15/h1-5H,(H3,17,18,23). The molecule has 2 aromatic rings. The summed E-state index contributed by atoms with van der Waals surface area (Å²) in [5.41, 5.74) is 5.11. The van der Waals surface area contributed by atoms with Gasteiger partial charge in [0, 0.05) is 12.1 Å². The number of anilines is 1. The van der Waals surface area contributed by atoms with E-state index in [-0.39, 0.29) is 38.0 Å². The molecule has 2 rings (SSSR count). The van der Waals surface area contributed by atoms with Crippen molar-refractivity contribution in [3.8, 4) is 11.5 Å². The summed E-state index contributed by atoms with van der Waals surface area (Å²) in [6.07, 6.45) is 0. The van der Waals surface area contributed by atoms with Gasteiger partial charge < -0.3 is 15.8 Å². The SMILES string of the molecule is NC(=S)Nc1cc(Oc2cccc(Cl)c2Cl)c(Cl)cc1[N+](=O)[O-]. The number of benzene rings is 2. The summed E-state index contributed by atoms with van der Waals surface area (Å²) in [5, 5.41) is 13.9. The number of ether oxygens (including phenoxy) is 1. The van der Waals surface area contributed by atoms with Gasteiger partial charge in [-0.1, -0.05) is 40.9 Å². The number of halogens is 3. The third-order valence-electron chi connectivity index (χ3n) is 2.64. The molecule has 10 heteroatoms. The maximum absolute atomic E-state index is 11.1. The van der Waals surface area contributed by atoms with Crippen molar-refractivity contribution in [2.75, 3.05) is 5.32 Å². The first-order valence-corrected chi connectivity index (χ1v) is 7.50. The highest BCUT2D eigenvalue weighted by Gasteiger charge is 2.20. The summed E-state index contributed by atoms with van der Waals surface area (Å²) >= 11 is 22.7. The molecule has 120 valence electrons. The molecule has 2 aromatic carbocycles. The van der Waals surface area contributed by atoms with Crippen LogP contribution in [0.4, 0.5) is 11.4 Å². The van der Waals surface area contributed by atoms with E-state index in [1.807, 2.05) is 0 Å². The highest BCUT2D eigenvalue weighted by atomic mass is 35.5. The average molecular weight is 393 g/mol. The smallest absolute Gasteiger partial charge is 0.294 e.